The van der Waals surface area contributed by atoms with E-state index in [1.54, 1.807) is 19.1 Å². The zero-order valence-electron chi connectivity index (χ0n) is 12.8. The molecule has 23 heavy (non-hydrogen) atoms. The van der Waals surface area contributed by atoms with Crippen LogP contribution in [0.5, 0.6) is 0 Å². The van der Waals surface area contributed by atoms with E-state index in [0.717, 1.165) is 19.4 Å². The van der Waals surface area contributed by atoms with Gasteiger partial charge in [0, 0.05) is 13.2 Å². The fourth-order valence-corrected chi connectivity index (χ4v) is 3.10. The molecule has 0 saturated carbocycles. The Kier molecular flexibility index (Phi) is 4.87. The van der Waals surface area contributed by atoms with Gasteiger partial charge in [-0.15, -0.1) is 10.2 Å². The largest absolute Gasteiger partial charge is 0.461 e. The molecule has 2 atom stereocenters. The van der Waals surface area contributed by atoms with Crippen molar-refractivity contribution in [3.05, 3.63) is 18.4 Å². The number of carbonyl (C=O) groups is 1. The molecule has 0 spiro atoms. The summed E-state index contributed by atoms with van der Waals surface area (Å²) >= 11 is 1.25. The highest BCUT2D eigenvalue weighted by Crippen LogP contribution is 2.25. The summed E-state index contributed by atoms with van der Waals surface area (Å²) in [4.78, 5) is 12.1. The molecule has 1 amide bonds. The van der Waals surface area contributed by atoms with Gasteiger partial charge in [-0.3, -0.25) is 4.79 Å². The lowest BCUT2D eigenvalue weighted by Crippen LogP contribution is -2.36. The van der Waals surface area contributed by atoms with Gasteiger partial charge in [0.1, 0.15) is 0 Å². The van der Waals surface area contributed by atoms with Gasteiger partial charge in [0.2, 0.25) is 16.9 Å². The predicted octanol–water partition coefficient (Wildman–Crippen LogP) is 1.03. The van der Waals surface area contributed by atoms with Crippen molar-refractivity contribution >= 4 is 17.7 Å². The summed E-state index contributed by atoms with van der Waals surface area (Å²) in [6.07, 6.45) is 3.71. The number of furan rings is 1. The summed E-state index contributed by atoms with van der Waals surface area (Å²) < 4.78 is 12.1. The number of aromatic nitrogens is 3. The Morgan fingerprint density at radius 1 is 1.61 bits per heavy atom. The Hall–Kier alpha value is -2.00. The molecule has 3 N–H and O–H groups in total. The molecule has 9 heteroatoms. The van der Waals surface area contributed by atoms with E-state index in [4.69, 9.17) is 15.0 Å². The van der Waals surface area contributed by atoms with Gasteiger partial charge in [-0.2, -0.15) is 0 Å². The standard InChI is InChI=1S/C14H19N5O3S/c1-9(13(20)16-8-10-4-2-6-21-10)23-14-18-17-12(19(14)15)11-5-3-7-22-11/h3,5,7,9-10H,2,4,6,8,15H2,1H3,(H,16,20)/t9-,10-/m1/s1. The molecular formula is C14H19N5O3S. The van der Waals surface area contributed by atoms with E-state index in [2.05, 4.69) is 15.5 Å². The Morgan fingerprint density at radius 3 is 3.17 bits per heavy atom. The van der Waals surface area contributed by atoms with Gasteiger partial charge in [0.25, 0.3) is 0 Å². The lowest BCUT2D eigenvalue weighted by Gasteiger charge is -2.14. The van der Waals surface area contributed by atoms with Crippen molar-refractivity contribution in [1.29, 1.82) is 0 Å². The summed E-state index contributed by atoms with van der Waals surface area (Å²) in [6.45, 7) is 3.12. The Balaban J connectivity index is 1.57. The quantitative estimate of drug-likeness (QED) is 0.598. The molecule has 0 bridgehead atoms. The number of thioether (sulfide) groups is 1. The summed E-state index contributed by atoms with van der Waals surface area (Å²) in [5.41, 5.74) is 0. The third kappa shape index (κ3) is 3.67. The van der Waals surface area contributed by atoms with Gasteiger partial charge < -0.3 is 20.3 Å². The van der Waals surface area contributed by atoms with Crippen molar-refractivity contribution in [2.45, 2.75) is 36.3 Å². The van der Waals surface area contributed by atoms with Crippen molar-refractivity contribution in [3.63, 3.8) is 0 Å². The fraction of sp³-hybridized carbons (Fsp3) is 0.500. The SMILES string of the molecule is C[C@@H](Sc1nnc(-c2ccco2)n1N)C(=O)NC[C@H]1CCCO1. The van der Waals surface area contributed by atoms with Crippen LogP contribution in [0.3, 0.4) is 0 Å². The van der Waals surface area contributed by atoms with E-state index in [1.165, 1.54) is 22.7 Å². The van der Waals surface area contributed by atoms with Crippen LogP contribution in [0.25, 0.3) is 11.6 Å². The highest BCUT2D eigenvalue weighted by molar-refractivity contribution is 8.00. The number of nitrogens with one attached hydrogen (secondary N) is 1. The minimum absolute atomic E-state index is 0.0759. The maximum Gasteiger partial charge on any atom is 0.233 e. The van der Waals surface area contributed by atoms with E-state index in [0.29, 0.717) is 23.3 Å². The van der Waals surface area contributed by atoms with Crippen LogP contribution in [-0.4, -0.2) is 45.3 Å². The van der Waals surface area contributed by atoms with Crippen LogP contribution in [-0.2, 0) is 9.53 Å². The van der Waals surface area contributed by atoms with E-state index in [9.17, 15) is 4.79 Å². The molecule has 8 nitrogen and oxygen atoms in total. The molecule has 1 saturated heterocycles. The third-order valence-corrected chi connectivity index (χ3v) is 4.64. The van der Waals surface area contributed by atoms with Gasteiger partial charge in [-0.1, -0.05) is 11.8 Å². The first kappa shape index (κ1) is 15.9. The molecule has 0 aromatic carbocycles. The first-order valence-electron chi connectivity index (χ1n) is 7.45. The van der Waals surface area contributed by atoms with Gasteiger partial charge in [0.05, 0.1) is 17.6 Å². The van der Waals surface area contributed by atoms with Gasteiger partial charge in [-0.05, 0) is 31.9 Å². The first-order chi connectivity index (χ1) is 11.1. The van der Waals surface area contributed by atoms with Gasteiger partial charge >= 0.3 is 0 Å². The van der Waals surface area contributed by atoms with Crippen LogP contribution in [0.4, 0.5) is 0 Å². The van der Waals surface area contributed by atoms with E-state index < -0.39 is 0 Å². The van der Waals surface area contributed by atoms with E-state index >= 15 is 0 Å². The average Bonchev–Trinajstić information content (AvgIpc) is 3.27. The molecule has 2 aromatic rings. The number of ether oxygens (including phenoxy) is 1. The minimum atomic E-state index is -0.340. The van der Waals surface area contributed by atoms with Crippen LogP contribution in [0.2, 0.25) is 0 Å². The number of nitrogens with zero attached hydrogens (tertiary/aromatic N) is 3. The highest BCUT2D eigenvalue weighted by atomic mass is 32.2. The number of nitrogens with two attached hydrogens (primary N) is 1. The molecule has 1 aliphatic heterocycles. The zero-order chi connectivity index (χ0) is 16.2. The van der Waals surface area contributed by atoms with Crippen molar-refractivity contribution in [1.82, 2.24) is 20.2 Å². The fourth-order valence-electron chi connectivity index (χ4n) is 2.31. The lowest BCUT2D eigenvalue weighted by molar-refractivity contribution is -0.120. The minimum Gasteiger partial charge on any atom is -0.461 e. The van der Waals surface area contributed by atoms with E-state index in [-0.39, 0.29) is 17.3 Å². The number of nitrogen functional groups attached to an aromatic ring is 1. The van der Waals surface area contributed by atoms with Crippen LogP contribution in [0.1, 0.15) is 19.8 Å². The summed E-state index contributed by atoms with van der Waals surface area (Å²) in [5.74, 6) is 6.85. The molecule has 124 valence electrons. The van der Waals surface area contributed by atoms with Crippen molar-refractivity contribution in [3.8, 4) is 11.6 Å². The second-order valence-corrected chi connectivity index (χ2v) is 6.60. The van der Waals surface area contributed by atoms with Gasteiger partial charge in [-0.25, -0.2) is 4.68 Å². The van der Waals surface area contributed by atoms with Crippen LogP contribution < -0.4 is 11.2 Å². The Labute approximate surface area is 137 Å². The molecule has 2 aromatic heterocycles. The Morgan fingerprint density at radius 2 is 2.48 bits per heavy atom. The average molecular weight is 337 g/mol. The highest BCUT2D eigenvalue weighted by Gasteiger charge is 2.22. The number of hydrogen-bond donors (Lipinski definition) is 2. The van der Waals surface area contributed by atoms with Crippen LogP contribution in [0, 0.1) is 0 Å². The van der Waals surface area contributed by atoms with Crippen molar-refractivity contribution < 1.29 is 13.9 Å². The summed E-state index contributed by atoms with van der Waals surface area (Å²) in [6, 6.07) is 3.50. The number of carbonyl (C=O) groups excluding carboxylic acids is 1. The molecule has 3 rings (SSSR count). The summed E-state index contributed by atoms with van der Waals surface area (Å²) in [7, 11) is 0. The second kappa shape index (κ2) is 7.05. The predicted molar refractivity (Wildman–Crippen MR) is 85.2 cm³/mol. The molecular weight excluding hydrogens is 318 g/mol. The van der Waals surface area contributed by atoms with Gasteiger partial charge in [0.15, 0.2) is 5.76 Å². The van der Waals surface area contributed by atoms with E-state index in [1.807, 2.05) is 0 Å². The first-order valence-corrected chi connectivity index (χ1v) is 8.33. The van der Waals surface area contributed by atoms with Crippen molar-refractivity contribution in [2.24, 2.45) is 0 Å². The number of amides is 1. The molecule has 3 heterocycles. The zero-order valence-corrected chi connectivity index (χ0v) is 13.6. The maximum absolute atomic E-state index is 12.1. The molecule has 1 aliphatic rings. The number of rotatable bonds is 6. The molecule has 0 unspecified atom stereocenters. The molecule has 1 fully saturated rings. The third-order valence-electron chi connectivity index (χ3n) is 3.59. The summed E-state index contributed by atoms with van der Waals surface area (Å²) in [5, 5.41) is 11.0. The molecule has 0 radical (unpaired) electrons. The maximum atomic E-state index is 12.1. The smallest absolute Gasteiger partial charge is 0.233 e. The van der Waals surface area contributed by atoms with Crippen LogP contribution >= 0.6 is 11.8 Å². The van der Waals surface area contributed by atoms with Crippen molar-refractivity contribution in [2.75, 3.05) is 19.0 Å². The topological polar surface area (TPSA) is 108 Å². The van der Waals surface area contributed by atoms with Crippen LogP contribution in [0.15, 0.2) is 28.0 Å². The molecule has 0 aliphatic carbocycles. The monoisotopic (exact) mass is 337 g/mol. The normalized spacial score (nSPS) is 18.9. The Bertz CT molecular complexity index is 651. The number of hydrogen-bond acceptors (Lipinski definition) is 7. The second-order valence-electron chi connectivity index (χ2n) is 5.29. The lowest BCUT2D eigenvalue weighted by atomic mass is 10.2.